The Balaban J connectivity index is 1.53. The standard InChI is InChI=1S/C18H23N3O2S/c1-11-7-12(2)21-17(22)15(11)10-20-18(23)19-9-14-8-13-5-3-4-6-16(13)24-14/h7-8H,3-6,9-10H2,1-2H3,(H,21,22)(H2,19,20,23). The zero-order valence-electron chi connectivity index (χ0n) is 14.1. The van der Waals surface area contributed by atoms with Gasteiger partial charge in [0, 0.05) is 21.0 Å². The number of rotatable bonds is 4. The van der Waals surface area contributed by atoms with Crippen LogP contribution >= 0.6 is 11.3 Å². The highest BCUT2D eigenvalue weighted by atomic mass is 32.1. The molecule has 128 valence electrons. The number of hydrogen-bond acceptors (Lipinski definition) is 3. The zero-order chi connectivity index (χ0) is 17.1. The predicted octanol–water partition coefficient (Wildman–Crippen LogP) is 2.93. The van der Waals surface area contributed by atoms with E-state index in [2.05, 4.69) is 21.7 Å². The Morgan fingerprint density at radius 3 is 2.67 bits per heavy atom. The number of aromatic amines is 1. The van der Waals surface area contributed by atoms with Gasteiger partial charge in [-0.05, 0) is 62.8 Å². The molecule has 2 heterocycles. The quantitative estimate of drug-likeness (QED) is 0.797. The summed E-state index contributed by atoms with van der Waals surface area (Å²) in [5.74, 6) is 0. The molecule has 0 saturated carbocycles. The molecule has 0 aromatic carbocycles. The average molecular weight is 345 g/mol. The van der Waals surface area contributed by atoms with Crippen molar-refractivity contribution in [3.63, 3.8) is 0 Å². The fourth-order valence-corrected chi connectivity index (χ4v) is 4.34. The lowest BCUT2D eigenvalue weighted by atomic mass is 9.99. The summed E-state index contributed by atoms with van der Waals surface area (Å²) in [6.45, 7) is 4.49. The number of carbonyl (C=O) groups is 1. The minimum atomic E-state index is -0.249. The number of aromatic nitrogens is 1. The van der Waals surface area contributed by atoms with E-state index in [0.717, 1.165) is 17.7 Å². The van der Waals surface area contributed by atoms with Gasteiger partial charge in [0.15, 0.2) is 0 Å². The van der Waals surface area contributed by atoms with Crippen molar-refractivity contribution in [3.05, 3.63) is 54.6 Å². The van der Waals surface area contributed by atoms with Crippen molar-refractivity contribution in [2.24, 2.45) is 0 Å². The van der Waals surface area contributed by atoms with Crippen molar-refractivity contribution in [3.8, 4) is 0 Å². The van der Waals surface area contributed by atoms with Crippen LogP contribution in [0.1, 0.15) is 45.0 Å². The summed E-state index contributed by atoms with van der Waals surface area (Å²) < 4.78 is 0. The number of nitrogens with one attached hydrogen (secondary N) is 3. The fraction of sp³-hybridized carbons (Fsp3) is 0.444. The van der Waals surface area contributed by atoms with Crippen LogP contribution in [-0.2, 0) is 25.9 Å². The molecule has 1 aliphatic carbocycles. The second-order valence-electron chi connectivity index (χ2n) is 6.35. The maximum absolute atomic E-state index is 12.0. The predicted molar refractivity (Wildman–Crippen MR) is 96.6 cm³/mol. The maximum Gasteiger partial charge on any atom is 0.315 e. The Kier molecular flexibility index (Phi) is 5.04. The molecule has 0 atom stereocenters. The molecule has 0 unspecified atom stereocenters. The first-order chi connectivity index (χ1) is 11.5. The molecule has 0 aliphatic heterocycles. The van der Waals surface area contributed by atoms with E-state index < -0.39 is 0 Å². The Bertz CT molecular complexity index is 784. The largest absolute Gasteiger partial charge is 0.334 e. The Labute approximate surface area is 145 Å². The van der Waals surface area contributed by atoms with E-state index in [0.29, 0.717) is 12.1 Å². The molecule has 2 amide bonds. The smallest absolute Gasteiger partial charge is 0.315 e. The van der Waals surface area contributed by atoms with Crippen LogP contribution in [0.5, 0.6) is 0 Å². The molecule has 2 aromatic rings. The van der Waals surface area contributed by atoms with Gasteiger partial charge in [0.25, 0.3) is 5.56 Å². The highest BCUT2D eigenvalue weighted by Gasteiger charge is 2.14. The van der Waals surface area contributed by atoms with Crippen LogP contribution in [0.3, 0.4) is 0 Å². The molecule has 5 nitrogen and oxygen atoms in total. The minimum absolute atomic E-state index is 0.140. The van der Waals surface area contributed by atoms with Crippen molar-refractivity contribution >= 4 is 17.4 Å². The summed E-state index contributed by atoms with van der Waals surface area (Å²) in [4.78, 5) is 29.4. The van der Waals surface area contributed by atoms with Crippen molar-refractivity contribution in [2.75, 3.05) is 0 Å². The number of hydrogen-bond donors (Lipinski definition) is 3. The number of thiophene rings is 1. The van der Waals surface area contributed by atoms with E-state index in [1.165, 1.54) is 34.6 Å². The van der Waals surface area contributed by atoms with E-state index in [1.807, 2.05) is 19.9 Å². The third kappa shape index (κ3) is 3.87. The molecule has 0 radical (unpaired) electrons. The van der Waals surface area contributed by atoms with E-state index >= 15 is 0 Å². The first-order valence-electron chi connectivity index (χ1n) is 8.34. The van der Waals surface area contributed by atoms with Gasteiger partial charge in [-0.25, -0.2) is 4.79 Å². The molecule has 0 saturated heterocycles. The second-order valence-corrected chi connectivity index (χ2v) is 7.57. The fourth-order valence-electron chi connectivity index (χ4n) is 3.14. The monoisotopic (exact) mass is 345 g/mol. The van der Waals surface area contributed by atoms with Crippen LogP contribution < -0.4 is 16.2 Å². The first kappa shape index (κ1) is 16.8. The van der Waals surface area contributed by atoms with Gasteiger partial charge in [-0.3, -0.25) is 4.79 Å². The summed E-state index contributed by atoms with van der Waals surface area (Å²) >= 11 is 1.80. The number of amides is 2. The molecular weight excluding hydrogens is 322 g/mol. The van der Waals surface area contributed by atoms with Crippen molar-refractivity contribution in [2.45, 2.75) is 52.6 Å². The Hall–Kier alpha value is -2.08. The van der Waals surface area contributed by atoms with Crippen LogP contribution in [0.25, 0.3) is 0 Å². The minimum Gasteiger partial charge on any atom is -0.334 e. The van der Waals surface area contributed by atoms with Crippen molar-refractivity contribution < 1.29 is 4.79 Å². The summed E-state index contributed by atoms with van der Waals surface area (Å²) in [5, 5.41) is 5.64. The summed E-state index contributed by atoms with van der Waals surface area (Å²) in [7, 11) is 0. The lowest BCUT2D eigenvalue weighted by molar-refractivity contribution is 0.240. The maximum atomic E-state index is 12.0. The third-order valence-electron chi connectivity index (χ3n) is 4.39. The second kappa shape index (κ2) is 7.21. The van der Waals surface area contributed by atoms with Gasteiger partial charge in [0.05, 0.1) is 13.1 Å². The topological polar surface area (TPSA) is 74.0 Å². The van der Waals surface area contributed by atoms with Gasteiger partial charge in [0.2, 0.25) is 0 Å². The van der Waals surface area contributed by atoms with Crippen LogP contribution in [-0.4, -0.2) is 11.0 Å². The number of urea groups is 1. The van der Waals surface area contributed by atoms with Gasteiger partial charge in [0.1, 0.15) is 0 Å². The van der Waals surface area contributed by atoms with Crippen LogP contribution in [0.2, 0.25) is 0 Å². The number of H-pyrrole nitrogens is 1. The van der Waals surface area contributed by atoms with Crippen molar-refractivity contribution in [1.82, 2.24) is 15.6 Å². The Morgan fingerprint density at radius 2 is 1.92 bits per heavy atom. The van der Waals surface area contributed by atoms with E-state index in [1.54, 1.807) is 11.3 Å². The average Bonchev–Trinajstić information content (AvgIpc) is 2.94. The summed E-state index contributed by atoms with van der Waals surface area (Å²) in [5.41, 5.74) is 3.63. The van der Waals surface area contributed by atoms with Gasteiger partial charge in [-0.2, -0.15) is 0 Å². The molecule has 0 fully saturated rings. The molecule has 6 heteroatoms. The van der Waals surface area contributed by atoms with E-state index in [9.17, 15) is 9.59 Å². The molecule has 24 heavy (non-hydrogen) atoms. The summed E-state index contributed by atoms with van der Waals surface area (Å²) in [6.07, 6.45) is 4.86. The molecule has 3 rings (SSSR count). The number of carbonyl (C=O) groups excluding carboxylic acids is 1. The number of pyridine rings is 1. The third-order valence-corrected chi connectivity index (χ3v) is 5.63. The number of aryl methyl sites for hydroxylation is 4. The normalized spacial score (nSPS) is 13.4. The highest BCUT2D eigenvalue weighted by molar-refractivity contribution is 7.12. The van der Waals surface area contributed by atoms with Crippen LogP contribution in [0.4, 0.5) is 4.79 Å². The van der Waals surface area contributed by atoms with Crippen LogP contribution in [0, 0.1) is 13.8 Å². The van der Waals surface area contributed by atoms with Crippen molar-refractivity contribution in [1.29, 1.82) is 0 Å². The molecular formula is C18H23N3O2S. The summed E-state index contributed by atoms with van der Waals surface area (Å²) in [6, 6.07) is 3.88. The lowest BCUT2D eigenvalue weighted by Crippen LogP contribution is -2.36. The van der Waals surface area contributed by atoms with Crippen LogP contribution in [0.15, 0.2) is 16.9 Å². The van der Waals surface area contributed by atoms with Gasteiger partial charge in [-0.1, -0.05) is 0 Å². The van der Waals surface area contributed by atoms with E-state index in [4.69, 9.17) is 0 Å². The SMILES string of the molecule is Cc1cc(C)c(CNC(=O)NCc2cc3c(s2)CCCC3)c(=O)[nH]1. The molecule has 3 N–H and O–H groups in total. The highest BCUT2D eigenvalue weighted by Crippen LogP contribution is 2.29. The number of fused-ring (bicyclic) bond motifs is 1. The molecule has 2 aromatic heterocycles. The van der Waals surface area contributed by atoms with Gasteiger partial charge >= 0.3 is 6.03 Å². The molecule has 0 spiro atoms. The van der Waals surface area contributed by atoms with Gasteiger partial charge in [-0.15, -0.1) is 11.3 Å². The molecule has 1 aliphatic rings. The van der Waals surface area contributed by atoms with Gasteiger partial charge < -0.3 is 15.6 Å². The van der Waals surface area contributed by atoms with E-state index in [-0.39, 0.29) is 18.1 Å². The Morgan fingerprint density at radius 1 is 1.17 bits per heavy atom. The molecule has 0 bridgehead atoms. The zero-order valence-corrected chi connectivity index (χ0v) is 14.9. The first-order valence-corrected chi connectivity index (χ1v) is 9.16. The lowest BCUT2D eigenvalue weighted by Gasteiger charge is -2.09.